The van der Waals surface area contributed by atoms with Crippen LogP contribution in [0.1, 0.15) is 30.5 Å². The van der Waals surface area contributed by atoms with E-state index in [1.165, 1.54) is 17.8 Å². The molecule has 2 heterocycles. The van der Waals surface area contributed by atoms with Crippen LogP contribution in [0.25, 0.3) is 11.2 Å². The number of pyridine rings is 1. The first-order valence-corrected chi connectivity index (χ1v) is 11.1. The molecule has 158 valence electrons. The second-order valence-corrected chi connectivity index (χ2v) is 8.21. The van der Waals surface area contributed by atoms with Crippen LogP contribution >= 0.6 is 11.8 Å². The van der Waals surface area contributed by atoms with E-state index >= 15 is 0 Å². The highest BCUT2D eigenvalue weighted by atomic mass is 32.2. The van der Waals surface area contributed by atoms with Crippen LogP contribution in [-0.4, -0.2) is 20.4 Å². The minimum atomic E-state index is -0.496. The van der Waals surface area contributed by atoms with Gasteiger partial charge >= 0.3 is 0 Å². The van der Waals surface area contributed by atoms with Gasteiger partial charge in [-0.15, -0.1) is 0 Å². The maximum Gasteiger partial charge on any atom is 0.247 e. The molecule has 0 saturated carbocycles. The summed E-state index contributed by atoms with van der Waals surface area (Å²) in [5, 5.41) is 3.64. The van der Waals surface area contributed by atoms with Gasteiger partial charge in [0.05, 0.1) is 0 Å². The van der Waals surface area contributed by atoms with Crippen LogP contribution in [0.3, 0.4) is 0 Å². The van der Waals surface area contributed by atoms with E-state index < -0.39 is 6.04 Å². The molecule has 4 rings (SSSR count). The van der Waals surface area contributed by atoms with Gasteiger partial charge in [0.15, 0.2) is 10.8 Å². The summed E-state index contributed by atoms with van der Waals surface area (Å²) < 4.78 is 16.0. The zero-order chi connectivity index (χ0) is 21.8. The summed E-state index contributed by atoms with van der Waals surface area (Å²) in [5.74, 6) is 0.0235. The second-order valence-electron chi connectivity index (χ2n) is 7.27. The van der Waals surface area contributed by atoms with Crippen LogP contribution in [0.2, 0.25) is 0 Å². The summed E-state index contributed by atoms with van der Waals surface area (Å²) >= 11 is 1.40. The summed E-state index contributed by atoms with van der Waals surface area (Å²) in [5.41, 5.74) is 3.81. The number of hydrogen-bond acceptors (Lipinski definition) is 4. The number of halogens is 1. The van der Waals surface area contributed by atoms with Crippen molar-refractivity contribution < 1.29 is 9.18 Å². The lowest BCUT2D eigenvalue weighted by Gasteiger charge is -2.19. The maximum atomic E-state index is 14.1. The molecule has 2 aromatic carbocycles. The van der Waals surface area contributed by atoms with Crippen molar-refractivity contribution >= 4 is 34.5 Å². The summed E-state index contributed by atoms with van der Waals surface area (Å²) in [6.45, 7) is 3.96. The van der Waals surface area contributed by atoms with Crippen molar-refractivity contribution in [1.82, 2.24) is 14.5 Å². The number of nitrogens with zero attached hydrogens (tertiary/aromatic N) is 3. The first kappa shape index (κ1) is 21.1. The molecule has 0 fully saturated rings. The van der Waals surface area contributed by atoms with Crippen LogP contribution in [0.5, 0.6) is 0 Å². The van der Waals surface area contributed by atoms with Crippen LogP contribution in [0.4, 0.5) is 10.1 Å². The Morgan fingerprint density at radius 2 is 1.90 bits per heavy atom. The monoisotopic (exact) mass is 434 g/mol. The number of carbonyl (C=O) groups is 1. The third-order valence-corrected chi connectivity index (χ3v) is 6.05. The molecule has 0 aliphatic heterocycles. The average molecular weight is 435 g/mol. The first-order valence-electron chi connectivity index (χ1n) is 10.1. The fraction of sp³-hybridized carbons (Fsp3) is 0.208. The van der Waals surface area contributed by atoms with E-state index in [2.05, 4.69) is 15.3 Å². The van der Waals surface area contributed by atoms with Gasteiger partial charge < -0.3 is 5.32 Å². The molecular weight excluding hydrogens is 411 g/mol. The van der Waals surface area contributed by atoms with Crippen molar-refractivity contribution in [3.63, 3.8) is 0 Å². The highest BCUT2D eigenvalue weighted by Gasteiger charge is 2.25. The SMILES string of the molecule is CCC(C(=O)Nc1ccc(C)cc1)n1c(SCc2ccccc2F)nc2cccnc21. The lowest BCUT2D eigenvalue weighted by Crippen LogP contribution is -2.26. The Labute approximate surface area is 184 Å². The molecule has 0 bridgehead atoms. The number of imidazole rings is 1. The number of rotatable bonds is 7. The largest absolute Gasteiger partial charge is 0.324 e. The number of thioether (sulfide) groups is 1. The van der Waals surface area contributed by atoms with Gasteiger partial charge in [-0.25, -0.2) is 14.4 Å². The number of amides is 1. The number of aryl methyl sites for hydroxylation is 1. The summed E-state index contributed by atoms with van der Waals surface area (Å²) in [6, 6.07) is 17.6. The molecule has 1 unspecified atom stereocenters. The van der Waals surface area contributed by atoms with Gasteiger partial charge in [-0.1, -0.05) is 54.6 Å². The molecular formula is C24H23FN4OS. The quantitative estimate of drug-likeness (QED) is 0.376. The predicted octanol–water partition coefficient (Wildman–Crippen LogP) is 5.76. The van der Waals surface area contributed by atoms with Crippen molar-refractivity contribution in [2.45, 2.75) is 37.2 Å². The Hall–Kier alpha value is -3.19. The molecule has 0 aliphatic rings. The van der Waals surface area contributed by atoms with Crippen LogP contribution in [0.15, 0.2) is 72.0 Å². The number of benzene rings is 2. The van der Waals surface area contributed by atoms with E-state index in [-0.39, 0.29) is 11.7 Å². The third-order valence-electron chi connectivity index (χ3n) is 5.05. The number of nitrogens with one attached hydrogen (secondary N) is 1. The summed E-state index contributed by atoms with van der Waals surface area (Å²) in [6.07, 6.45) is 2.25. The molecule has 5 nitrogen and oxygen atoms in total. The van der Waals surface area contributed by atoms with E-state index in [1.807, 2.05) is 60.9 Å². The van der Waals surface area contributed by atoms with E-state index in [0.29, 0.717) is 34.1 Å². The van der Waals surface area contributed by atoms with Crippen molar-refractivity contribution in [3.8, 4) is 0 Å². The van der Waals surface area contributed by atoms with Gasteiger partial charge in [0.2, 0.25) is 5.91 Å². The standard InChI is InChI=1S/C24H23FN4OS/c1-3-21(23(30)27-18-12-10-16(2)11-13-18)29-22-20(9-6-14-26-22)28-24(29)31-15-17-7-4-5-8-19(17)25/h4-14,21H,3,15H2,1-2H3,(H,27,30). The van der Waals surface area contributed by atoms with Gasteiger partial charge in [-0.3, -0.25) is 9.36 Å². The third kappa shape index (κ3) is 4.61. The van der Waals surface area contributed by atoms with Crippen LogP contribution in [-0.2, 0) is 10.5 Å². The Balaban J connectivity index is 1.66. The highest BCUT2D eigenvalue weighted by Crippen LogP contribution is 2.31. The van der Waals surface area contributed by atoms with Crippen LogP contribution < -0.4 is 5.32 Å². The zero-order valence-corrected chi connectivity index (χ0v) is 18.2. The molecule has 31 heavy (non-hydrogen) atoms. The smallest absolute Gasteiger partial charge is 0.247 e. The Kier molecular flexibility index (Phi) is 6.32. The number of anilines is 1. The number of aromatic nitrogens is 3. The molecule has 1 atom stereocenters. The fourth-order valence-electron chi connectivity index (χ4n) is 3.40. The van der Waals surface area contributed by atoms with Crippen LogP contribution in [0, 0.1) is 12.7 Å². The minimum Gasteiger partial charge on any atom is -0.324 e. The molecule has 4 aromatic rings. The van der Waals surface area contributed by atoms with E-state index in [1.54, 1.807) is 18.3 Å². The molecule has 7 heteroatoms. The zero-order valence-electron chi connectivity index (χ0n) is 17.4. The molecule has 0 saturated heterocycles. The van der Waals surface area contributed by atoms with Crippen molar-refractivity contribution in [2.75, 3.05) is 5.32 Å². The molecule has 2 aromatic heterocycles. The number of fused-ring (bicyclic) bond motifs is 1. The van der Waals surface area contributed by atoms with Crippen molar-refractivity contribution in [3.05, 3.63) is 83.8 Å². The maximum absolute atomic E-state index is 14.1. The molecule has 0 aliphatic carbocycles. The summed E-state index contributed by atoms with van der Waals surface area (Å²) in [7, 11) is 0. The van der Waals surface area contributed by atoms with E-state index in [0.717, 1.165) is 11.3 Å². The lowest BCUT2D eigenvalue weighted by atomic mass is 10.2. The minimum absolute atomic E-state index is 0.135. The van der Waals surface area contributed by atoms with Gasteiger partial charge in [0.1, 0.15) is 17.4 Å². The van der Waals surface area contributed by atoms with Gasteiger partial charge in [0, 0.05) is 17.6 Å². The number of hydrogen-bond donors (Lipinski definition) is 1. The van der Waals surface area contributed by atoms with E-state index in [4.69, 9.17) is 0 Å². The molecule has 1 amide bonds. The average Bonchev–Trinajstić information content (AvgIpc) is 3.14. The normalized spacial score (nSPS) is 12.1. The Morgan fingerprint density at radius 3 is 2.65 bits per heavy atom. The second kappa shape index (κ2) is 9.31. The summed E-state index contributed by atoms with van der Waals surface area (Å²) in [4.78, 5) is 22.4. The predicted molar refractivity (Wildman–Crippen MR) is 123 cm³/mol. The van der Waals surface area contributed by atoms with Gasteiger partial charge in [-0.05, 0) is 49.2 Å². The van der Waals surface area contributed by atoms with Crippen molar-refractivity contribution in [1.29, 1.82) is 0 Å². The van der Waals surface area contributed by atoms with E-state index in [9.17, 15) is 9.18 Å². The van der Waals surface area contributed by atoms with Gasteiger partial charge in [-0.2, -0.15) is 0 Å². The highest BCUT2D eigenvalue weighted by molar-refractivity contribution is 7.98. The fourth-order valence-corrected chi connectivity index (χ4v) is 4.43. The molecule has 0 radical (unpaired) electrons. The molecule has 1 N–H and O–H groups in total. The Bertz CT molecular complexity index is 1210. The molecule has 0 spiro atoms. The Morgan fingerprint density at radius 1 is 1.13 bits per heavy atom. The van der Waals surface area contributed by atoms with Gasteiger partial charge in [0.25, 0.3) is 0 Å². The lowest BCUT2D eigenvalue weighted by molar-refractivity contribution is -0.119. The van der Waals surface area contributed by atoms with Crippen molar-refractivity contribution in [2.24, 2.45) is 0 Å². The number of carbonyl (C=O) groups excluding carboxylic acids is 1. The first-order chi connectivity index (χ1) is 15.1. The topological polar surface area (TPSA) is 59.8 Å².